The minimum Gasteiger partial charge on any atom is -0.481 e. The quantitative estimate of drug-likeness (QED) is 0.771. The maximum absolute atomic E-state index is 13.1. The molecule has 0 bridgehead atoms. The molecule has 0 saturated carbocycles. The number of amides is 1. The lowest BCUT2D eigenvalue weighted by molar-refractivity contribution is -0.144. The number of carboxylic acids is 1. The van der Waals surface area contributed by atoms with Gasteiger partial charge in [-0.15, -0.1) is 0 Å². The second-order valence-corrected chi connectivity index (χ2v) is 3.51. The van der Waals surface area contributed by atoms with Crippen LogP contribution in [0.5, 0.6) is 0 Å². The maximum Gasteiger partial charge on any atom is 0.315 e. The normalized spacial score (nSPS) is 11.9. The Bertz CT molecular complexity index is 431. The van der Waals surface area contributed by atoms with Crippen LogP contribution in [0.1, 0.15) is 12.5 Å². The molecule has 1 atom stereocenters. The van der Waals surface area contributed by atoms with Gasteiger partial charge in [-0.1, -0.05) is 6.07 Å². The van der Waals surface area contributed by atoms with Crippen molar-refractivity contribution in [1.82, 2.24) is 0 Å². The third-order valence-corrected chi connectivity index (χ3v) is 2.20. The molecule has 5 heteroatoms. The van der Waals surface area contributed by atoms with Crippen molar-refractivity contribution in [2.75, 3.05) is 5.32 Å². The molecule has 4 nitrogen and oxygen atoms in total. The molecule has 16 heavy (non-hydrogen) atoms. The van der Waals surface area contributed by atoms with Crippen LogP contribution in [0.25, 0.3) is 0 Å². The number of anilines is 1. The third-order valence-electron chi connectivity index (χ3n) is 2.20. The van der Waals surface area contributed by atoms with Gasteiger partial charge in [-0.3, -0.25) is 9.59 Å². The van der Waals surface area contributed by atoms with Crippen LogP contribution in [0.15, 0.2) is 18.2 Å². The Labute approximate surface area is 92.1 Å². The van der Waals surface area contributed by atoms with Gasteiger partial charge in [-0.25, -0.2) is 4.39 Å². The van der Waals surface area contributed by atoms with Crippen molar-refractivity contribution in [2.24, 2.45) is 5.92 Å². The number of rotatable bonds is 3. The smallest absolute Gasteiger partial charge is 0.315 e. The summed E-state index contributed by atoms with van der Waals surface area (Å²) in [6.07, 6.45) is 0. The highest BCUT2D eigenvalue weighted by Gasteiger charge is 2.20. The zero-order chi connectivity index (χ0) is 12.3. The molecular weight excluding hydrogens is 213 g/mol. The highest BCUT2D eigenvalue weighted by Crippen LogP contribution is 2.14. The van der Waals surface area contributed by atoms with E-state index >= 15 is 0 Å². The molecule has 0 heterocycles. The van der Waals surface area contributed by atoms with E-state index in [2.05, 4.69) is 5.32 Å². The van der Waals surface area contributed by atoms with E-state index in [0.29, 0.717) is 5.56 Å². The summed E-state index contributed by atoms with van der Waals surface area (Å²) < 4.78 is 13.1. The lowest BCUT2D eigenvalue weighted by atomic mass is 10.1. The van der Waals surface area contributed by atoms with Crippen LogP contribution in [0, 0.1) is 18.7 Å². The van der Waals surface area contributed by atoms with E-state index in [1.54, 1.807) is 6.92 Å². The number of nitrogens with one attached hydrogen (secondary N) is 1. The molecular formula is C11H12FNO3. The van der Waals surface area contributed by atoms with Gasteiger partial charge in [0.05, 0.1) is 0 Å². The first-order chi connectivity index (χ1) is 7.41. The minimum atomic E-state index is -1.22. The molecule has 1 amide bonds. The molecule has 0 aliphatic heterocycles. The number of aliphatic carboxylic acids is 1. The molecule has 0 fully saturated rings. The molecule has 0 aromatic heterocycles. The topological polar surface area (TPSA) is 66.4 Å². The second kappa shape index (κ2) is 4.74. The van der Waals surface area contributed by atoms with Crippen LogP contribution >= 0.6 is 0 Å². The van der Waals surface area contributed by atoms with Crippen molar-refractivity contribution in [3.8, 4) is 0 Å². The van der Waals surface area contributed by atoms with Gasteiger partial charge in [-0.2, -0.15) is 0 Å². The van der Waals surface area contributed by atoms with Gasteiger partial charge in [0.15, 0.2) is 0 Å². The molecule has 0 aliphatic carbocycles. The molecule has 2 N–H and O–H groups in total. The number of benzene rings is 1. The minimum absolute atomic E-state index is 0.251. The van der Waals surface area contributed by atoms with E-state index in [9.17, 15) is 14.0 Å². The van der Waals surface area contributed by atoms with Crippen molar-refractivity contribution < 1.29 is 19.1 Å². The Morgan fingerprint density at radius 1 is 1.44 bits per heavy atom. The first-order valence-corrected chi connectivity index (χ1v) is 4.71. The molecule has 0 aliphatic rings. The Morgan fingerprint density at radius 3 is 2.56 bits per heavy atom. The largest absolute Gasteiger partial charge is 0.481 e. The number of halogens is 1. The van der Waals surface area contributed by atoms with Crippen molar-refractivity contribution in [3.63, 3.8) is 0 Å². The summed E-state index contributed by atoms with van der Waals surface area (Å²) in [7, 11) is 0. The van der Waals surface area contributed by atoms with E-state index in [1.807, 2.05) is 0 Å². The zero-order valence-corrected chi connectivity index (χ0v) is 8.95. The van der Waals surface area contributed by atoms with E-state index in [0.717, 1.165) is 6.07 Å². The van der Waals surface area contributed by atoms with Gasteiger partial charge in [0.2, 0.25) is 5.91 Å². The molecule has 0 saturated heterocycles. The molecule has 86 valence electrons. The second-order valence-electron chi connectivity index (χ2n) is 3.51. The average Bonchev–Trinajstić information content (AvgIpc) is 2.22. The SMILES string of the molecule is Cc1ccc(NC(=O)C(C)C(=O)O)cc1F. The van der Waals surface area contributed by atoms with Gasteiger partial charge in [-0.05, 0) is 31.5 Å². The Hall–Kier alpha value is -1.91. The van der Waals surface area contributed by atoms with Crippen molar-refractivity contribution in [1.29, 1.82) is 0 Å². The van der Waals surface area contributed by atoms with E-state index in [1.165, 1.54) is 19.1 Å². The van der Waals surface area contributed by atoms with Gasteiger partial charge in [0, 0.05) is 5.69 Å². The van der Waals surface area contributed by atoms with Gasteiger partial charge < -0.3 is 10.4 Å². The van der Waals surface area contributed by atoms with Crippen LogP contribution in [-0.2, 0) is 9.59 Å². The summed E-state index contributed by atoms with van der Waals surface area (Å²) in [5.74, 6) is -3.49. The van der Waals surface area contributed by atoms with Crippen molar-refractivity contribution in [3.05, 3.63) is 29.6 Å². The Balaban J connectivity index is 2.77. The Kier molecular flexibility index (Phi) is 3.60. The average molecular weight is 225 g/mol. The molecule has 0 radical (unpaired) electrons. The van der Waals surface area contributed by atoms with E-state index < -0.39 is 23.6 Å². The summed E-state index contributed by atoms with van der Waals surface area (Å²) in [6.45, 7) is 2.86. The standard InChI is InChI=1S/C11H12FNO3/c1-6-3-4-8(5-9(6)12)13-10(14)7(2)11(15)16/h3-5,7H,1-2H3,(H,13,14)(H,15,16). The molecule has 1 rings (SSSR count). The highest BCUT2D eigenvalue weighted by atomic mass is 19.1. The summed E-state index contributed by atoms with van der Waals surface area (Å²) in [6, 6.07) is 4.18. The highest BCUT2D eigenvalue weighted by molar-refractivity contribution is 6.03. The van der Waals surface area contributed by atoms with Crippen LogP contribution in [0.2, 0.25) is 0 Å². The molecule has 1 aromatic carbocycles. The number of aryl methyl sites for hydroxylation is 1. The van der Waals surface area contributed by atoms with Gasteiger partial charge in [0.25, 0.3) is 0 Å². The monoisotopic (exact) mass is 225 g/mol. The predicted molar refractivity (Wildman–Crippen MR) is 56.6 cm³/mol. The van der Waals surface area contributed by atoms with Crippen LogP contribution < -0.4 is 5.32 Å². The lowest BCUT2D eigenvalue weighted by Gasteiger charge is -2.08. The number of carbonyl (C=O) groups is 2. The molecule has 1 unspecified atom stereocenters. The first kappa shape index (κ1) is 12.2. The van der Waals surface area contributed by atoms with Crippen LogP contribution in [-0.4, -0.2) is 17.0 Å². The number of carboxylic acid groups (broad SMARTS) is 1. The number of hydrogen-bond donors (Lipinski definition) is 2. The van der Waals surface area contributed by atoms with Crippen molar-refractivity contribution >= 4 is 17.6 Å². The Morgan fingerprint density at radius 2 is 2.06 bits per heavy atom. The summed E-state index contributed by atoms with van der Waals surface area (Å²) in [5, 5.41) is 10.9. The molecule has 0 spiro atoms. The fourth-order valence-electron chi connectivity index (χ4n) is 1.03. The fourth-order valence-corrected chi connectivity index (χ4v) is 1.03. The van der Waals surface area contributed by atoms with Crippen LogP contribution in [0.4, 0.5) is 10.1 Å². The van der Waals surface area contributed by atoms with Crippen molar-refractivity contribution in [2.45, 2.75) is 13.8 Å². The summed E-state index contributed by atoms with van der Waals surface area (Å²) in [4.78, 5) is 21.9. The lowest BCUT2D eigenvalue weighted by Crippen LogP contribution is -2.26. The first-order valence-electron chi connectivity index (χ1n) is 4.71. The zero-order valence-electron chi connectivity index (χ0n) is 8.95. The summed E-state index contributed by atoms with van der Waals surface area (Å²) in [5.41, 5.74) is 0.713. The van der Waals surface area contributed by atoms with Crippen LogP contribution in [0.3, 0.4) is 0 Å². The fraction of sp³-hybridized carbons (Fsp3) is 0.273. The van der Waals surface area contributed by atoms with E-state index in [-0.39, 0.29) is 5.69 Å². The van der Waals surface area contributed by atoms with Gasteiger partial charge >= 0.3 is 5.97 Å². The number of carbonyl (C=O) groups excluding carboxylic acids is 1. The maximum atomic E-state index is 13.1. The third kappa shape index (κ3) is 2.79. The predicted octanol–water partition coefficient (Wildman–Crippen LogP) is 1.79. The van der Waals surface area contributed by atoms with Gasteiger partial charge in [0.1, 0.15) is 11.7 Å². The van der Waals surface area contributed by atoms with E-state index in [4.69, 9.17) is 5.11 Å². The number of hydrogen-bond acceptors (Lipinski definition) is 2. The summed E-state index contributed by atoms with van der Waals surface area (Å²) >= 11 is 0. The molecule has 1 aromatic rings.